The Kier molecular flexibility index (Phi) is 7.33. The van der Waals surface area contributed by atoms with E-state index in [9.17, 15) is 35.2 Å². The van der Waals surface area contributed by atoms with Crippen LogP contribution in [-0.2, 0) is 27.5 Å². The highest BCUT2D eigenvalue weighted by atomic mass is 32.2. The summed E-state index contributed by atoms with van der Waals surface area (Å²) in [5, 5.41) is 2.70. The summed E-state index contributed by atoms with van der Waals surface area (Å²) >= 11 is 0. The van der Waals surface area contributed by atoms with E-state index in [1.165, 1.54) is 6.92 Å². The molecule has 2 fully saturated rings. The maximum absolute atomic E-state index is 14.7. The van der Waals surface area contributed by atoms with Gasteiger partial charge in [0.15, 0.2) is 0 Å². The molecule has 14 heteroatoms. The van der Waals surface area contributed by atoms with E-state index in [4.69, 9.17) is 0 Å². The summed E-state index contributed by atoms with van der Waals surface area (Å²) in [5.41, 5.74) is 2.01. The summed E-state index contributed by atoms with van der Waals surface area (Å²) in [7, 11) is -4.32. The number of benzene rings is 1. The highest BCUT2D eigenvalue weighted by Gasteiger charge is 2.49. The maximum atomic E-state index is 14.7. The fourth-order valence-corrected chi connectivity index (χ4v) is 6.59. The van der Waals surface area contributed by atoms with Gasteiger partial charge in [0.25, 0.3) is 0 Å². The molecule has 212 valence electrons. The van der Waals surface area contributed by atoms with Crippen LogP contribution in [0.15, 0.2) is 53.8 Å². The third kappa shape index (κ3) is 5.55. The number of hydrogen-bond acceptors (Lipinski definition) is 6. The Labute approximate surface area is 226 Å². The molecule has 1 saturated heterocycles. The topological polar surface area (TPSA) is 105 Å². The smallest absolute Gasteiger partial charge is 0.351 e. The van der Waals surface area contributed by atoms with Crippen molar-refractivity contribution in [1.82, 2.24) is 24.6 Å². The van der Waals surface area contributed by atoms with Gasteiger partial charge in [-0.1, -0.05) is 0 Å². The Morgan fingerprint density at radius 1 is 1.07 bits per heavy atom. The first kappa shape index (κ1) is 28.0. The molecule has 5 rings (SSSR count). The number of carbonyl (C=O) groups is 1. The fraction of sp³-hybridized carbons (Fsp3) is 0.385. The van der Waals surface area contributed by atoms with Gasteiger partial charge in [-0.05, 0) is 67.1 Å². The quantitative estimate of drug-likeness (QED) is 0.416. The fourth-order valence-electron chi connectivity index (χ4n) is 4.78. The molecular weight excluding hydrogens is 557 g/mol. The number of alkyl halides is 4. The number of hydrogen-bond donors (Lipinski definition) is 1. The molecule has 1 amide bonds. The van der Waals surface area contributed by atoms with Crippen molar-refractivity contribution in [1.29, 1.82) is 0 Å². The Balaban J connectivity index is 1.38. The molecule has 3 heterocycles. The van der Waals surface area contributed by atoms with E-state index >= 15 is 0 Å². The number of rotatable bonds is 7. The summed E-state index contributed by atoms with van der Waals surface area (Å²) in [6.45, 7) is 1.32. The highest BCUT2D eigenvalue weighted by molar-refractivity contribution is 7.89. The predicted molar refractivity (Wildman–Crippen MR) is 132 cm³/mol. The second-order valence-electron chi connectivity index (χ2n) is 9.85. The lowest BCUT2D eigenvalue weighted by atomic mass is 10.0. The lowest BCUT2D eigenvalue weighted by Crippen LogP contribution is -2.48. The van der Waals surface area contributed by atoms with Crippen LogP contribution in [0.25, 0.3) is 11.3 Å². The van der Waals surface area contributed by atoms with E-state index in [-0.39, 0.29) is 29.3 Å². The van der Waals surface area contributed by atoms with Crippen molar-refractivity contribution in [2.75, 3.05) is 0 Å². The van der Waals surface area contributed by atoms with Crippen molar-refractivity contribution < 1.29 is 35.2 Å². The molecule has 40 heavy (non-hydrogen) atoms. The zero-order valence-corrected chi connectivity index (χ0v) is 21.9. The minimum absolute atomic E-state index is 0.0477. The minimum atomic E-state index is -4.69. The van der Waals surface area contributed by atoms with Crippen LogP contribution >= 0.6 is 0 Å². The van der Waals surface area contributed by atoms with Gasteiger partial charge < -0.3 is 5.32 Å². The summed E-state index contributed by atoms with van der Waals surface area (Å²) in [5.74, 6) is -2.43. The van der Waals surface area contributed by atoms with Crippen molar-refractivity contribution >= 4 is 15.9 Å². The monoisotopic (exact) mass is 581 g/mol. The molecule has 0 unspecified atom stereocenters. The van der Waals surface area contributed by atoms with Gasteiger partial charge in [0.1, 0.15) is 18.0 Å². The molecule has 2 aliphatic rings. The average molecular weight is 582 g/mol. The van der Waals surface area contributed by atoms with Gasteiger partial charge in [0, 0.05) is 37.1 Å². The number of pyridine rings is 1. The molecule has 8 nitrogen and oxygen atoms in total. The van der Waals surface area contributed by atoms with E-state index < -0.39 is 52.0 Å². The van der Waals surface area contributed by atoms with E-state index in [1.807, 2.05) is 0 Å². The van der Waals surface area contributed by atoms with E-state index in [0.717, 1.165) is 59.4 Å². The number of carbonyl (C=O) groups excluding carboxylic acids is 1. The van der Waals surface area contributed by atoms with Gasteiger partial charge in [-0.3, -0.25) is 9.78 Å². The van der Waals surface area contributed by atoms with E-state index in [2.05, 4.69) is 20.3 Å². The Hall–Kier alpha value is -3.52. The third-order valence-corrected chi connectivity index (χ3v) is 9.08. The van der Waals surface area contributed by atoms with Gasteiger partial charge in [0.2, 0.25) is 21.8 Å². The molecule has 1 aliphatic heterocycles. The zero-order chi connectivity index (χ0) is 28.8. The molecule has 1 aromatic carbocycles. The number of nitrogens with zero attached hydrogens (tertiary/aromatic N) is 4. The van der Waals surface area contributed by atoms with Crippen LogP contribution in [0.2, 0.25) is 0 Å². The van der Waals surface area contributed by atoms with Crippen LogP contribution in [0.4, 0.5) is 22.0 Å². The first-order valence-corrected chi connectivity index (χ1v) is 13.9. The van der Waals surface area contributed by atoms with Gasteiger partial charge in [0.05, 0.1) is 16.6 Å². The highest BCUT2D eigenvalue weighted by Crippen LogP contribution is 2.42. The number of nitrogens with one attached hydrogen (secondary N) is 1. The molecule has 0 radical (unpaired) electrons. The van der Waals surface area contributed by atoms with Crippen LogP contribution < -0.4 is 5.32 Å². The molecule has 2 aromatic heterocycles. The number of sulfonamides is 1. The van der Waals surface area contributed by atoms with Crippen LogP contribution in [0.5, 0.6) is 0 Å². The van der Waals surface area contributed by atoms with Gasteiger partial charge in [-0.25, -0.2) is 27.2 Å². The second-order valence-corrected chi connectivity index (χ2v) is 11.7. The second kappa shape index (κ2) is 10.5. The first-order valence-electron chi connectivity index (χ1n) is 12.5. The van der Waals surface area contributed by atoms with Crippen LogP contribution in [0.3, 0.4) is 0 Å². The molecule has 1 N–H and O–H groups in total. The van der Waals surface area contributed by atoms with Crippen molar-refractivity contribution in [2.45, 2.75) is 68.0 Å². The Morgan fingerprint density at radius 2 is 1.73 bits per heavy atom. The Morgan fingerprint density at radius 3 is 2.33 bits per heavy atom. The molecule has 0 bridgehead atoms. The molecular formula is C26H24F5N5O3S. The summed E-state index contributed by atoms with van der Waals surface area (Å²) in [4.78, 5) is 24.0. The van der Waals surface area contributed by atoms with Crippen LogP contribution in [0, 0.1) is 5.82 Å². The predicted octanol–water partition coefficient (Wildman–Crippen LogP) is 4.38. The van der Waals surface area contributed by atoms with Crippen molar-refractivity contribution in [3.8, 4) is 11.3 Å². The minimum Gasteiger partial charge on any atom is -0.351 e. The van der Waals surface area contributed by atoms with Crippen LogP contribution in [0.1, 0.15) is 49.1 Å². The van der Waals surface area contributed by atoms with E-state index in [1.54, 1.807) is 12.3 Å². The van der Waals surface area contributed by atoms with E-state index in [0.29, 0.717) is 11.3 Å². The lowest BCUT2D eigenvalue weighted by Gasteiger charge is -2.27. The van der Waals surface area contributed by atoms with Crippen molar-refractivity contribution in [3.63, 3.8) is 0 Å². The largest absolute Gasteiger partial charge is 0.451 e. The van der Waals surface area contributed by atoms with Gasteiger partial charge in [-0.15, -0.1) is 0 Å². The SMILES string of the molecule is C[C@H]1[C@H](F)C[C@@H](C(=O)NCc2cc(-c3cnc(C(F)(F)F)nc3)ncc2C2CC2)N1S(=O)(=O)c1ccc(F)cc1. The number of halogens is 5. The number of aromatic nitrogens is 3. The standard InChI is InChI=1S/C26H24F5N5O3S/c1-14-21(28)9-23(36(14)40(38,39)19-6-4-18(27)5-7-19)24(37)33-10-16-8-22(32-13-20(16)15-2-3-15)17-11-34-25(35-12-17)26(29,30)31/h4-8,11-15,21,23H,2-3,9-10H2,1H3,(H,33,37)/t14-,21+,23-/m0/s1. The third-order valence-electron chi connectivity index (χ3n) is 7.07. The summed E-state index contributed by atoms with van der Waals surface area (Å²) < 4.78 is 94.0. The normalized spacial score (nSPS) is 21.9. The Bertz CT molecular complexity index is 1510. The molecule has 3 atom stereocenters. The molecule has 0 spiro atoms. The summed E-state index contributed by atoms with van der Waals surface area (Å²) in [6.07, 6.45) is -1.23. The summed E-state index contributed by atoms with van der Waals surface area (Å²) in [6, 6.07) is 3.21. The first-order chi connectivity index (χ1) is 18.9. The molecule has 3 aromatic rings. The van der Waals surface area contributed by atoms with Gasteiger partial charge >= 0.3 is 6.18 Å². The van der Waals surface area contributed by atoms with Crippen molar-refractivity contribution in [2.24, 2.45) is 0 Å². The maximum Gasteiger partial charge on any atom is 0.451 e. The van der Waals surface area contributed by atoms with Gasteiger partial charge in [-0.2, -0.15) is 17.5 Å². The number of amides is 1. The lowest BCUT2D eigenvalue weighted by molar-refractivity contribution is -0.145. The average Bonchev–Trinajstić information content (AvgIpc) is 3.71. The zero-order valence-electron chi connectivity index (χ0n) is 21.1. The van der Waals surface area contributed by atoms with Crippen LogP contribution in [-0.4, -0.2) is 51.8 Å². The molecule has 1 aliphatic carbocycles. The van der Waals surface area contributed by atoms with Crippen molar-refractivity contribution in [3.05, 3.63) is 71.7 Å². The molecule has 1 saturated carbocycles.